The molecule has 3 atom stereocenters. The first kappa shape index (κ1) is 21.5. The smallest absolute Gasteiger partial charge is 0.326 e. The third-order valence-corrected chi connectivity index (χ3v) is 5.37. The van der Waals surface area contributed by atoms with E-state index in [1.165, 1.54) is 13.8 Å². The fourth-order valence-corrected chi connectivity index (χ4v) is 3.89. The summed E-state index contributed by atoms with van der Waals surface area (Å²) in [5, 5.41) is 5.22. The van der Waals surface area contributed by atoms with Crippen molar-refractivity contribution in [2.24, 2.45) is 11.8 Å². The number of amides is 4. The van der Waals surface area contributed by atoms with Crippen LogP contribution in [0.15, 0.2) is 24.3 Å². The normalized spacial score (nSPS) is 21.6. The number of hydrogen-bond donors (Lipinski definition) is 2. The minimum atomic E-state index is -1.11. The SMILES string of the molecule is CC(=O)Nc1ccc(NC(=O)[C@@H](C)OC(=O)CN2C(=O)[C@H]3CCCC[C@H]3C2=O)cc1. The van der Waals surface area contributed by atoms with E-state index in [-0.39, 0.29) is 29.6 Å². The molecule has 1 aromatic rings. The van der Waals surface area contributed by atoms with Crippen LogP contribution in [-0.4, -0.2) is 47.1 Å². The molecule has 0 unspecified atom stereocenters. The molecule has 9 heteroatoms. The Morgan fingerprint density at radius 2 is 1.50 bits per heavy atom. The zero-order valence-corrected chi connectivity index (χ0v) is 17.0. The number of carbonyl (C=O) groups excluding carboxylic acids is 5. The summed E-state index contributed by atoms with van der Waals surface area (Å²) in [4.78, 5) is 61.4. The predicted octanol–water partition coefficient (Wildman–Crippen LogP) is 1.69. The maximum absolute atomic E-state index is 12.4. The Morgan fingerprint density at radius 1 is 1.00 bits per heavy atom. The van der Waals surface area contributed by atoms with Crippen molar-refractivity contribution in [1.29, 1.82) is 0 Å². The molecule has 1 saturated heterocycles. The molecule has 2 aliphatic rings. The Morgan fingerprint density at radius 3 is 2.00 bits per heavy atom. The van der Waals surface area contributed by atoms with Crippen LogP contribution in [-0.2, 0) is 28.7 Å². The van der Waals surface area contributed by atoms with Crippen LogP contribution in [0.4, 0.5) is 11.4 Å². The van der Waals surface area contributed by atoms with E-state index in [0.717, 1.165) is 17.7 Å². The van der Waals surface area contributed by atoms with E-state index in [1.807, 2.05) is 0 Å². The molecule has 2 N–H and O–H groups in total. The topological polar surface area (TPSA) is 122 Å². The van der Waals surface area contributed by atoms with Crippen molar-refractivity contribution in [1.82, 2.24) is 4.90 Å². The van der Waals surface area contributed by atoms with Gasteiger partial charge in [-0.15, -0.1) is 0 Å². The molecular weight excluding hydrogens is 390 g/mol. The van der Waals surface area contributed by atoms with Gasteiger partial charge >= 0.3 is 5.97 Å². The van der Waals surface area contributed by atoms with Gasteiger partial charge in [-0.05, 0) is 44.0 Å². The zero-order chi connectivity index (χ0) is 21.8. The summed E-state index contributed by atoms with van der Waals surface area (Å²) in [6, 6.07) is 6.44. The average Bonchev–Trinajstić information content (AvgIpc) is 2.94. The molecule has 9 nitrogen and oxygen atoms in total. The highest BCUT2D eigenvalue weighted by atomic mass is 16.5. The second-order valence-electron chi connectivity index (χ2n) is 7.64. The summed E-state index contributed by atoms with van der Waals surface area (Å²) in [6.45, 7) is 2.32. The van der Waals surface area contributed by atoms with Gasteiger partial charge < -0.3 is 15.4 Å². The number of nitrogens with one attached hydrogen (secondary N) is 2. The number of rotatable bonds is 6. The lowest BCUT2D eigenvalue weighted by molar-refractivity contribution is -0.158. The monoisotopic (exact) mass is 415 g/mol. The van der Waals surface area contributed by atoms with E-state index in [0.29, 0.717) is 24.2 Å². The highest BCUT2D eigenvalue weighted by Gasteiger charge is 2.48. The molecular formula is C21H25N3O6. The van der Waals surface area contributed by atoms with Gasteiger partial charge in [0.15, 0.2) is 6.10 Å². The number of hydrogen-bond acceptors (Lipinski definition) is 6. The number of esters is 1. The molecule has 0 spiro atoms. The summed E-state index contributed by atoms with van der Waals surface area (Å²) in [5.74, 6) is -2.87. The van der Waals surface area contributed by atoms with Crippen molar-refractivity contribution < 1.29 is 28.7 Å². The van der Waals surface area contributed by atoms with E-state index < -0.39 is 24.5 Å². The largest absolute Gasteiger partial charge is 0.451 e. The molecule has 1 aliphatic carbocycles. The van der Waals surface area contributed by atoms with Crippen LogP contribution in [0.5, 0.6) is 0 Å². The lowest BCUT2D eigenvalue weighted by Crippen LogP contribution is -2.39. The molecule has 0 radical (unpaired) electrons. The van der Waals surface area contributed by atoms with Crippen molar-refractivity contribution in [2.75, 3.05) is 17.2 Å². The van der Waals surface area contributed by atoms with Crippen LogP contribution in [0.25, 0.3) is 0 Å². The second kappa shape index (κ2) is 9.06. The fraction of sp³-hybridized carbons (Fsp3) is 0.476. The molecule has 1 heterocycles. The lowest BCUT2D eigenvalue weighted by atomic mass is 9.81. The Labute approximate surface area is 174 Å². The number of likely N-dealkylation sites (tertiary alicyclic amines) is 1. The third-order valence-electron chi connectivity index (χ3n) is 5.37. The number of nitrogens with zero attached hydrogens (tertiary/aromatic N) is 1. The number of benzene rings is 1. The Balaban J connectivity index is 1.51. The van der Waals surface area contributed by atoms with Crippen LogP contribution in [0, 0.1) is 11.8 Å². The highest BCUT2D eigenvalue weighted by Crippen LogP contribution is 2.37. The van der Waals surface area contributed by atoms with Crippen LogP contribution in [0.2, 0.25) is 0 Å². The van der Waals surface area contributed by atoms with Crippen molar-refractivity contribution in [2.45, 2.75) is 45.6 Å². The molecule has 0 aromatic heterocycles. The van der Waals surface area contributed by atoms with Crippen molar-refractivity contribution in [3.63, 3.8) is 0 Å². The summed E-state index contributed by atoms with van der Waals surface area (Å²) in [5.41, 5.74) is 1.05. The number of ether oxygens (including phenoxy) is 1. The van der Waals surface area contributed by atoms with Gasteiger partial charge in [0.25, 0.3) is 5.91 Å². The first-order chi connectivity index (χ1) is 14.3. The van der Waals surface area contributed by atoms with Crippen LogP contribution < -0.4 is 10.6 Å². The third kappa shape index (κ3) is 4.84. The summed E-state index contributed by atoms with van der Waals surface area (Å²) in [6.07, 6.45) is 2.03. The van der Waals surface area contributed by atoms with Crippen molar-refractivity contribution in [3.8, 4) is 0 Å². The van der Waals surface area contributed by atoms with Crippen LogP contribution in [0.3, 0.4) is 0 Å². The van der Waals surface area contributed by atoms with E-state index in [1.54, 1.807) is 24.3 Å². The molecule has 160 valence electrons. The lowest BCUT2D eigenvalue weighted by Gasteiger charge is -2.19. The standard InChI is InChI=1S/C21H25N3O6/c1-12(19(27)23-15-9-7-14(8-10-15)22-13(2)25)30-18(26)11-24-20(28)16-5-3-4-6-17(16)21(24)29/h7-10,12,16-17H,3-6,11H2,1-2H3,(H,22,25)(H,23,27)/t12-,16-,17+/m1/s1. The van der Waals surface area contributed by atoms with E-state index in [9.17, 15) is 24.0 Å². The Kier molecular flexibility index (Phi) is 6.49. The highest BCUT2D eigenvalue weighted by molar-refractivity contribution is 6.07. The quantitative estimate of drug-likeness (QED) is 0.539. The minimum Gasteiger partial charge on any atom is -0.451 e. The van der Waals surface area contributed by atoms with Crippen LogP contribution >= 0.6 is 0 Å². The van der Waals surface area contributed by atoms with Gasteiger partial charge in [-0.25, -0.2) is 0 Å². The molecule has 1 aromatic carbocycles. The second-order valence-corrected chi connectivity index (χ2v) is 7.64. The summed E-state index contributed by atoms with van der Waals surface area (Å²) < 4.78 is 5.12. The maximum atomic E-state index is 12.4. The molecule has 0 bridgehead atoms. The van der Waals surface area contributed by atoms with Crippen molar-refractivity contribution in [3.05, 3.63) is 24.3 Å². The molecule has 1 saturated carbocycles. The number of carbonyl (C=O) groups is 5. The van der Waals surface area contributed by atoms with Gasteiger partial charge in [0.05, 0.1) is 11.8 Å². The van der Waals surface area contributed by atoms with Gasteiger partial charge in [0.2, 0.25) is 17.7 Å². The van der Waals surface area contributed by atoms with E-state index in [2.05, 4.69) is 10.6 Å². The predicted molar refractivity (Wildman–Crippen MR) is 107 cm³/mol. The summed E-state index contributed by atoms with van der Waals surface area (Å²) in [7, 11) is 0. The Hall–Kier alpha value is -3.23. The molecule has 1 aliphatic heterocycles. The first-order valence-corrected chi connectivity index (χ1v) is 9.99. The van der Waals surface area contributed by atoms with Crippen molar-refractivity contribution >= 4 is 41.0 Å². The minimum absolute atomic E-state index is 0.207. The molecule has 30 heavy (non-hydrogen) atoms. The fourth-order valence-electron chi connectivity index (χ4n) is 3.89. The first-order valence-electron chi connectivity index (χ1n) is 9.99. The van der Waals surface area contributed by atoms with E-state index >= 15 is 0 Å². The number of anilines is 2. The maximum Gasteiger partial charge on any atom is 0.326 e. The van der Waals surface area contributed by atoms with Gasteiger partial charge in [-0.3, -0.25) is 28.9 Å². The number of fused-ring (bicyclic) bond motifs is 1. The Bertz CT molecular complexity index is 842. The molecule has 3 rings (SSSR count). The molecule has 4 amide bonds. The summed E-state index contributed by atoms with van der Waals surface area (Å²) >= 11 is 0. The van der Waals surface area contributed by atoms with E-state index in [4.69, 9.17) is 4.74 Å². The number of imide groups is 1. The van der Waals surface area contributed by atoms with Gasteiger partial charge in [0, 0.05) is 18.3 Å². The van der Waals surface area contributed by atoms with Gasteiger partial charge in [-0.1, -0.05) is 12.8 Å². The van der Waals surface area contributed by atoms with Gasteiger partial charge in [0.1, 0.15) is 6.54 Å². The van der Waals surface area contributed by atoms with Crippen LogP contribution in [0.1, 0.15) is 39.5 Å². The molecule has 2 fully saturated rings. The average molecular weight is 415 g/mol. The zero-order valence-electron chi connectivity index (χ0n) is 17.0. The van der Waals surface area contributed by atoms with Gasteiger partial charge in [-0.2, -0.15) is 0 Å².